The van der Waals surface area contributed by atoms with Gasteiger partial charge in [0, 0.05) is 13.1 Å². The highest BCUT2D eigenvalue weighted by atomic mass is 19.4. The van der Waals surface area contributed by atoms with E-state index in [0.717, 1.165) is 12.1 Å². The molecule has 1 N–H and O–H groups in total. The molecule has 1 saturated carbocycles. The van der Waals surface area contributed by atoms with E-state index in [9.17, 15) is 18.0 Å². The van der Waals surface area contributed by atoms with E-state index in [0.29, 0.717) is 12.5 Å². The third kappa shape index (κ3) is 6.34. The zero-order chi connectivity index (χ0) is 16.2. The highest BCUT2D eigenvalue weighted by molar-refractivity contribution is 5.78. The Labute approximate surface area is 127 Å². The van der Waals surface area contributed by atoms with Crippen molar-refractivity contribution >= 4 is 5.91 Å². The largest absolute Gasteiger partial charge is 0.573 e. The van der Waals surface area contributed by atoms with Crippen LogP contribution in [0, 0.1) is 5.92 Å². The molecule has 0 aliphatic heterocycles. The van der Waals surface area contributed by atoms with Crippen LogP contribution < -0.4 is 10.1 Å². The van der Waals surface area contributed by atoms with Gasteiger partial charge in [-0.2, -0.15) is 0 Å². The number of halogens is 3. The van der Waals surface area contributed by atoms with E-state index in [2.05, 4.69) is 10.1 Å². The van der Waals surface area contributed by atoms with Gasteiger partial charge in [-0.3, -0.25) is 9.69 Å². The van der Waals surface area contributed by atoms with Gasteiger partial charge in [-0.1, -0.05) is 12.1 Å². The number of nitrogens with one attached hydrogen (secondary N) is 1. The molecule has 0 radical (unpaired) electrons. The van der Waals surface area contributed by atoms with E-state index in [1.165, 1.54) is 25.0 Å². The van der Waals surface area contributed by atoms with Crippen LogP contribution in [0.4, 0.5) is 13.2 Å². The summed E-state index contributed by atoms with van der Waals surface area (Å²) >= 11 is 0. The summed E-state index contributed by atoms with van der Waals surface area (Å²) in [6.45, 7) is 1.47. The van der Waals surface area contributed by atoms with Crippen LogP contribution in [-0.2, 0) is 11.3 Å². The fraction of sp³-hybridized carbons (Fsp3) is 0.533. The van der Waals surface area contributed by atoms with Crippen LogP contribution in [0.1, 0.15) is 18.4 Å². The highest BCUT2D eigenvalue weighted by Gasteiger charge is 2.30. The Morgan fingerprint density at radius 1 is 1.32 bits per heavy atom. The van der Waals surface area contributed by atoms with Gasteiger partial charge in [0.25, 0.3) is 0 Å². The zero-order valence-electron chi connectivity index (χ0n) is 12.3. The number of benzene rings is 1. The standard InChI is InChI=1S/C15H19F3N2O2/c1-20(10-14(21)19-8-11-2-3-11)9-12-4-6-13(7-5-12)22-15(16,17)18/h4-7,11H,2-3,8-10H2,1H3,(H,19,21). The molecule has 22 heavy (non-hydrogen) atoms. The molecule has 1 aliphatic carbocycles. The number of hydrogen-bond donors (Lipinski definition) is 1. The third-order valence-corrected chi connectivity index (χ3v) is 3.31. The number of alkyl halides is 3. The fourth-order valence-corrected chi connectivity index (χ4v) is 2.05. The van der Waals surface area contributed by atoms with Crippen LogP contribution >= 0.6 is 0 Å². The maximum absolute atomic E-state index is 12.1. The fourth-order valence-electron chi connectivity index (χ4n) is 2.05. The zero-order valence-corrected chi connectivity index (χ0v) is 12.3. The van der Waals surface area contributed by atoms with Gasteiger partial charge in [-0.25, -0.2) is 0 Å². The lowest BCUT2D eigenvalue weighted by Crippen LogP contribution is -2.35. The predicted molar refractivity (Wildman–Crippen MR) is 75.2 cm³/mol. The van der Waals surface area contributed by atoms with Gasteiger partial charge < -0.3 is 10.1 Å². The second-order valence-electron chi connectivity index (χ2n) is 5.61. The Kier molecular flexibility index (Phi) is 5.28. The summed E-state index contributed by atoms with van der Waals surface area (Å²) in [6, 6.07) is 5.65. The molecule has 1 aliphatic rings. The van der Waals surface area contributed by atoms with Crippen LogP contribution in [0.15, 0.2) is 24.3 Å². The molecule has 4 nitrogen and oxygen atoms in total. The molecule has 0 aromatic heterocycles. The summed E-state index contributed by atoms with van der Waals surface area (Å²) in [5.74, 6) is 0.350. The Hall–Kier alpha value is -1.76. The van der Waals surface area contributed by atoms with Crippen molar-refractivity contribution < 1.29 is 22.7 Å². The minimum atomic E-state index is -4.68. The van der Waals surface area contributed by atoms with E-state index in [4.69, 9.17) is 0 Å². The normalized spacial score (nSPS) is 15.0. The molecule has 7 heteroatoms. The maximum atomic E-state index is 12.1. The Bertz CT molecular complexity index is 499. The van der Waals surface area contributed by atoms with Crippen LogP contribution in [-0.4, -0.2) is 37.3 Å². The summed E-state index contributed by atoms with van der Waals surface area (Å²) in [7, 11) is 1.79. The molecule has 1 aromatic carbocycles. The first kappa shape index (κ1) is 16.6. The second kappa shape index (κ2) is 7.00. The molecule has 1 fully saturated rings. The van der Waals surface area contributed by atoms with Crippen molar-refractivity contribution in [2.75, 3.05) is 20.1 Å². The molecule has 0 spiro atoms. The molecule has 0 bridgehead atoms. The average Bonchev–Trinajstić information content (AvgIpc) is 3.21. The molecule has 2 rings (SSSR count). The number of rotatable bonds is 7. The predicted octanol–water partition coefficient (Wildman–Crippen LogP) is 2.54. The van der Waals surface area contributed by atoms with Crippen LogP contribution in [0.3, 0.4) is 0 Å². The van der Waals surface area contributed by atoms with Gasteiger partial charge in [0.05, 0.1) is 6.54 Å². The Balaban J connectivity index is 1.75. The van der Waals surface area contributed by atoms with Crippen molar-refractivity contribution in [3.05, 3.63) is 29.8 Å². The molecule has 0 atom stereocenters. The first-order chi connectivity index (χ1) is 10.3. The van der Waals surface area contributed by atoms with Crippen LogP contribution in [0.5, 0.6) is 5.75 Å². The molecule has 1 amide bonds. The molecular formula is C15H19F3N2O2. The molecule has 0 saturated heterocycles. The Morgan fingerprint density at radius 2 is 1.95 bits per heavy atom. The van der Waals surface area contributed by atoms with E-state index >= 15 is 0 Å². The van der Waals surface area contributed by atoms with E-state index in [1.807, 2.05) is 4.90 Å². The van der Waals surface area contributed by atoms with E-state index in [1.54, 1.807) is 19.2 Å². The van der Waals surface area contributed by atoms with Gasteiger partial charge in [0.2, 0.25) is 5.91 Å². The number of ether oxygens (including phenoxy) is 1. The van der Waals surface area contributed by atoms with E-state index < -0.39 is 6.36 Å². The van der Waals surface area contributed by atoms with Crippen LogP contribution in [0.2, 0.25) is 0 Å². The second-order valence-corrected chi connectivity index (χ2v) is 5.61. The molecular weight excluding hydrogens is 297 g/mol. The van der Waals surface area contributed by atoms with Crippen molar-refractivity contribution in [1.82, 2.24) is 10.2 Å². The lowest BCUT2D eigenvalue weighted by molar-refractivity contribution is -0.274. The molecule has 0 unspecified atom stereocenters. The van der Waals surface area contributed by atoms with Gasteiger partial charge in [0.1, 0.15) is 5.75 Å². The quantitative estimate of drug-likeness (QED) is 0.840. The lowest BCUT2D eigenvalue weighted by atomic mass is 10.2. The summed E-state index contributed by atoms with van der Waals surface area (Å²) in [6.07, 6.45) is -2.32. The minimum absolute atomic E-state index is 0.0357. The highest BCUT2D eigenvalue weighted by Crippen LogP contribution is 2.27. The monoisotopic (exact) mass is 316 g/mol. The van der Waals surface area contributed by atoms with Crippen molar-refractivity contribution in [1.29, 1.82) is 0 Å². The van der Waals surface area contributed by atoms with Gasteiger partial charge in [-0.15, -0.1) is 13.2 Å². The summed E-state index contributed by atoms with van der Waals surface area (Å²) in [5.41, 5.74) is 0.812. The van der Waals surface area contributed by atoms with Crippen molar-refractivity contribution in [2.24, 2.45) is 5.92 Å². The summed E-state index contributed by atoms with van der Waals surface area (Å²) < 4.78 is 40.0. The molecule has 1 aromatic rings. The number of likely N-dealkylation sites (N-methyl/N-ethyl adjacent to an activating group) is 1. The summed E-state index contributed by atoms with van der Waals surface area (Å²) in [4.78, 5) is 13.5. The van der Waals surface area contributed by atoms with Crippen molar-refractivity contribution in [3.8, 4) is 5.75 Å². The topological polar surface area (TPSA) is 41.6 Å². The lowest BCUT2D eigenvalue weighted by Gasteiger charge is -2.16. The summed E-state index contributed by atoms with van der Waals surface area (Å²) in [5, 5.41) is 2.87. The number of nitrogens with zero attached hydrogens (tertiary/aromatic N) is 1. The SMILES string of the molecule is CN(CC(=O)NCC1CC1)Cc1ccc(OC(F)(F)F)cc1. The molecule has 122 valence electrons. The first-order valence-electron chi connectivity index (χ1n) is 7.12. The smallest absolute Gasteiger partial charge is 0.406 e. The number of amides is 1. The van der Waals surface area contributed by atoms with Gasteiger partial charge in [-0.05, 0) is 43.5 Å². The van der Waals surface area contributed by atoms with E-state index in [-0.39, 0.29) is 18.2 Å². The van der Waals surface area contributed by atoms with Crippen molar-refractivity contribution in [2.45, 2.75) is 25.7 Å². The maximum Gasteiger partial charge on any atom is 0.573 e. The van der Waals surface area contributed by atoms with Gasteiger partial charge >= 0.3 is 6.36 Å². The van der Waals surface area contributed by atoms with Crippen molar-refractivity contribution in [3.63, 3.8) is 0 Å². The Morgan fingerprint density at radius 3 is 2.50 bits per heavy atom. The number of hydrogen-bond acceptors (Lipinski definition) is 3. The third-order valence-electron chi connectivity index (χ3n) is 3.31. The number of carbonyl (C=O) groups is 1. The first-order valence-corrected chi connectivity index (χ1v) is 7.12. The average molecular weight is 316 g/mol. The molecule has 0 heterocycles. The van der Waals surface area contributed by atoms with Gasteiger partial charge in [0.15, 0.2) is 0 Å². The number of carbonyl (C=O) groups excluding carboxylic acids is 1. The minimum Gasteiger partial charge on any atom is -0.406 e. The van der Waals surface area contributed by atoms with Crippen LogP contribution in [0.25, 0.3) is 0 Å².